The highest BCUT2D eigenvalue weighted by Gasteiger charge is 2.14. The first kappa shape index (κ1) is 11.8. The Kier molecular flexibility index (Phi) is 4.36. The molecule has 0 saturated heterocycles. The van der Waals surface area contributed by atoms with Crippen molar-refractivity contribution >= 4 is 23.3 Å². The minimum absolute atomic E-state index is 0.0598. The average Bonchev–Trinajstić information content (AvgIpc) is 2.25. The van der Waals surface area contributed by atoms with Crippen LogP contribution in [0.2, 0.25) is 0 Å². The molecule has 5 nitrogen and oxygen atoms in total. The quantitative estimate of drug-likeness (QED) is 0.475. The zero-order valence-electron chi connectivity index (χ0n) is 8.69. The number of nitrogens with one attached hydrogen (secondary N) is 1. The van der Waals surface area contributed by atoms with Gasteiger partial charge in [-0.05, 0) is 18.7 Å². The molecule has 0 spiro atoms. The highest BCUT2D eigenvalue weighted by Crippen LogP contribution is 2.26. The molecule has 0 bridgehead atoms. The first-order valence-corrected chi connectivity index (χ1v) is 5.84. The van der Waals surface area contributed by atoms with Crippen molar-refractivity contribution in [1.29, 1.82) is 0 Å². The van der Waals surface area contributed by atoms with Gasteiger partial charge in [0.2, 0.25) is 0 Å². The maximum absolute atomic E-state index is 10.6. The van der Waals surface area contributed by atoms with Crippen LogP contribution in [0, 0.1) is 10.1 Å². The van der Waals surface area contributed by atoms with E-state index >= 15 is 0 Å². The van der Waals surface area contributed by atoms with Crippen molar-refractivity contribution in [1.82, 2.24) is 4.98 Å². The van der Waals surface area contributed by atoms with Gasteiger partial charge in [-0.1, -0.05) is 6.92 Å². The van der Waals surface area contributed by atoms with Crippen LogP contribution in [0.25, 0.3) is 0 Å². The van der Waals surface area contributed by atoms with Crippen LogP contribution in [0.1, 0.15) is 13.3 Å². The Balaban J connectivity index is 2.92. The summed E-state index contributed by atoms with van der Waals surface area (Å²) < 4.78 is 0. The van der Waals surface area contributed by atoms with Crippen molar-refractivity contribution in [2.75, 3.05) is 18.1 Å². The Morgan fingerprint density at radius 3 is 2.87 bits per heavy atom. The predicted octanol–water partition coefficient (Wildman–Crippen LogP) is 2.53. The third kappa shape index (κ3) is 3.09. The topological polar surface area (TPSA) is 68.1 Å². The molecule has 0 saturated carbocycles. The smallest absolute Gasteiger partial charge is 0.301 e. The summed E-state index contributed by atoms with van der Waals surface area (Å²) >= 11 is 1.28. The molecule has 1 aromatic heterocycles. The van der Waals surface area contributed by atoms with Crippen LogP contribution in [-0.4, -0.2) is 22.7 Å². The van der Waals surface area contributed by atoms with Crippen LogP contribution in [0.5, 0.6) is 0 Å². The van der Waals surface area contributed by atoms with Crippen molar-refractivity contribution in [3.05, 3.63) is 22.2 Å². The van der Waals surface area contributed by atoms with E-state index in [-0.39, 0.29) is 5.69 Å². The molecule has 0 unspecified atom stereocenters. The Hall–Kier alpha value is -1.30. The number of pyridine rings is 1. The minimum Gasteiger partial charge on any atom is -0.370 e. The summed E-state index contributed by atoms with van der Waals surface area (Å²) in [5.41, 5.74) is 0.0598. The van der Waals surface area contributed by atoms with Crippen molar-refractivity contribution in [3.8, 4) is 0 Å². The molecule has 0 aliphatic heterocycles. The molecule has 1 heterocycles. The number of hydrogen-bond acceptors (Lipinski definition) is 5. The first-order chi connectivity index (χ1) is 7.19. The summed E-state index contributed by atoms with van der Waals surface area (Å²) in [6.45, 7) is 2.87. The zero-order valence-corrected chi connectivity index (χ0v) is 9.50. The highest BCUT2D eigenvalue weighted by atomic mass is 32.2. The zero-order chi connectivity index (χ0) is 11.3. The van der Waals surface area contributed by atoms with Gasteiger partial charge in [0.05, 0.1) is 4.92 Å². The summed E-state index contributed by atoms with van der Waals surface area (Å²) in [4.78, 5) is 14.4. The SMILES string of the molecule is CCCNc1ccc([N+](=O)[O-])c(SC)n1. The lowest BCUT2D eigenvalue weighted by Crippen LogP contribution is -2.03. The van der Waals surface area contributed by atoms with Gasteiger partial charge in [0.15, 0.2) is 5.03 Å². The van der Waals surface area contributed by atoms with Crippen LogP contribution >= 0.6 is 11.8 Å². The number of rotatable bonds is 5. The second-order valence-electron chi connectivity index (χ2n) is 2.91. The van der Waals surface area contributed by atoms with Crippen LogP contribution < -0.4 is 5.32 Å². The second kappa shape index (κ2) is 5.55. The molecular formula is C9H13N3O2S. The van der Waals surface area contributed by atoms with E-state index in [1.807, 2.05) is 6.92 Å². The molecule has 0 aliphatic rings. The van der Waals surface area contributed by atoms with Crippen molar-refractivity contribution < 1.29 is 4.92 Å². The molecule has 0 aliphatic carbocycles. The molecule has 1 rings (SSSR count). The van der Waals surface area contributed by atoms with Gasteiger partial charge in [0.25, 0.3) is 0 Å². The molecule has 1 aromatic rings. The Labute approximate surface area is 92.4 Å². The average molecular weight is 227 g/mol. The summed E-state index contributed by atoms with van der Waals surface area (Å²) in [6, 6.07) is 3.12. The summed E-state index contributed by atoms with van der Waals surface area (Å²) in [7, 11) is 0. The predicted molar refractivity (Wildman–Crippen MR) is 61.5 cm³/mol. The highest BCUT2D eigenvalue weighted by molar-refractivity contribution is 7.98. The van der Waals surface area contributed by atoms with E-state index in [9.17, 15) is 10.1 Å². The molecular weight excluding hydrogens is 214 g/mol. The Morgan fingerprint density at radius 1 is 1.60 bits per heavy atom. The normalized spacial score (nSPS) is 10.0. The minimum atomic E-state index is -0.414. The van der Waals surface area contributed by atoms with Gasteiger partial charge >= 0.3 is 5.69 Å². The van der Waals surface area contributed by atoms with Crippen LogP contribution in [-0.2, 0) is 0 Å². The molecule has 0 aromatic carbocycles. The van der Waals surface area contributed by atoms with E-state index in [0.29, 0.717) is 10.8 Å². The fraction of sp³-hybridized carbons (Fsp3) is 0.444. The first-order valence-electron chi connectivity index (χ1n) is 4.62. The van der Waals surface area contributed by atoms with Gasteiger partial charge in [-0.3, -0.25) is 10.1 Å². The van der Waals surface area contributed by atoms with Gasteiger partial charge in [0.1, 0.15) is 5.82 Å². The lowest BCUT2D eigenvalue weighted by molar-refractivity contribution is -0.388. The molecule has 15 heavy (non-hydrogen) atoms. The maximum Gasteiger partial charge on any atom is 0.301 e. The molecule has 0 radical (unpaired) electrons. The lowest BCUT2D eigenvalue weighted by Gasteiger charge is -2.05. The standard InChI is InChI=1S/C9H13N3O2S/c1-3-6-10-8-5-4-7(12(13)14)9(11-8)15-2/h4-5H,3,6H2,1-2H3,(H,10,11). The largest absolute Gasteiger partial charge is 0.370 e. The van der Waals surface area contributed by atoms with Crippen LogP contribution in [0.3, 0.4) is 0 Å². The van der Waals surface area contributed by atoms with Crippen molar-refractivity contribution in [2.24, 2.45) is 0 Å². The van der Waals surface area contributed by atoms with E-state index < -0.39 is 4.92 Å². The lowest BCUT2D eigenvalue weighted by atomic mass is 10.4. The number of nitro groups is 1. The van der Waals surface area contributed by atoms with E-state index in [2.05, 4.69) is 10.3 Å². The number of anilines is 1. The van der Waals surface area contributed by atoms with E-state index in [1.165, 1.54) is 17.8 Å². The number of aromatic nitrogens is 1. The van der Waals surface area contributed by atoms with E-state index in [0.717, 1.165) is 13.0 Å². The maximum atomic E-state index is 10.6. The van der Waals surface area contributed by atoms with E-state index in [4.69, 9.17) is 0 Å². The van der Waals surface area contributed by atoms with Crippen molar-refractivity contribution in [2.45, 2.75) is 18.4 Å². The Bertz CT molecular complexity index is 357. The number of thioether (sulfide) groups is 1. The molecule has 0 fully saturated rings. The monoisotopic (exact) mass is 227 g/mol. The summed E-state index contributed by atoms with van der Waals surface area (Å²) in [5, 5.41) is 14.2. The summed E-state index contributed by atoms with van der Waals surface area (Å²) in [5.74, 6) is 0.687. The third-order valence-electron chi connectivity index (χ3n) is 1.79. The third-order valence-corrected chi connectivity index (χ3v) is 2.47. The molecule has 6 heteroatoms. The van der Waals surface area contributed by atoms with Crippen LogP contribution in [0.15, 0.2) is 17.2 Å². The van der Waals surface area contributed by atoms with Gasteiger partial charge in [-0.15, -0.1) is 11.8 Å². The molecule has 0 amide bonds. The number of nitrogens with zero attached hydrogens (tertiary/aromatic N) is 2. The van der Waals surface area contributed by atoms with Crippen LogP contribution in [0.4, 0.5) is 11.5 Å². The van der Waals surface area contributed by atoms with Crippen molar-refractivity contribution in [3.63, 3.8) is 0 Å². The molecule has 1 N–H and O–H groups in total. The van der Waals surface area contributed by atoms with Gasteiger partial charge in [-0.25, -0.2) is 4.98 Å². The Morgan fingerprint density at radius 2 is 2.33 bits per heavy atom. The fourth-order valence-corrected chi connectivity index (χ4v) is 1.62. The fourth-order valence-electron chi connectivity index (χ4n) is 1.07. The summed E-state index contributed by atoms with van der Waals surface area (Å²) in [6.07, 6.45) is 2.77. The van der Waals surface area contributed by atoms with Gasteiger partial charge < -0.3 is 5.32 Å². The molecule has 0 atom stereocenters. The van der Waals surface area contributed by atoms with Gasteiger partial charge in [-0.2, -0.15) is 0 Å². The number of hydrogen-bond donors (Lipinski definition) is 1. The van der Waals surface area contributed by atoms with Gasteiger partial charge in [0, 0.05) is 12.6 Å². The second-order valence-corrected chi connectivity index (χ2v) is 3.70. The van der Waals surface area contributed by atoms with E-state index in [1.54, 1.807) is 12.3 Å². The molecule has 82 valence electrons.